The van der Waals surface area contributed by atoms with E-state index >= 15 is 0 Å². The number of carboxylic acid groups (broad SMARTS) is 1. The van der Waals surface area contributed by atoms with Crippen molar-refractivity contribution in [2.24, 2.45) is 5.92 Å². The van der Waals surface area contributed by atoms with Gasteiger partial charge in [0.2, 0.25) is 0 Å². The van der Waals surface area contributed by atoms with Crippen LogP contribution in [0.2, 0.25) is 0 Å². The smallest absolute Gasteiger partial charge is 0.320 e. The number of likely N-dealkylation sites (N-methyl/N-ethyl adjacent to an activating group) is 1. The van der Waals surface area contributed by atoms with Crippen LogP contribution in [0.4, 0.5) is 0 Å². The van der Waals surface area contributed by atoms with Gasteiger partial charge in [0.05, 0.1) is 0 Å². The van der Waals surface area contributed by atoms with Gasteiger partial charge in [-0.3, -0.25) is 4.79 Å². The van der Waals surface area contributed by atoms with Crippen LogP contribution in [0.3, 0.4) is 0 Å². The van der Waals surface area contributed by atoms with Gasteiger partial charge in [-0.15, -0.1) is 0 Å². The Morgan fingerprint density at radius 1 is 1.50 bits per heavy atom. The highest BCUT2D eigenvalue weighted by molar-refractivity contribution is 5.73. The highest BCUT2D eigenvalue weighted by atomic mass is 16.4. The van der Waals surface area contributed by atoms with Crippen LogP contribution >= 0.6 is 0 Å². The lowest BCUT2D eigenvalue weighted by molar-refractivity contribution is -0.139. The third-order valence-electron chi connectivity index (χ3n) is 3.67. The van der Waals surface area contributed by atoms with Gasteiger partial charge in [-0.2, -0.15) is 0 Å². The van der Waals surface area contributed by atoms with Crippen molar-refractivity contribution in [3.63, 3.8) is 0 Å². The van der Waals surface area contributed by atoms with Crippen LogP contribution in [0.1, 0.15) is 32.6 Å². The lowest BCUT2D eigenvalue weighted by atomic mass is 9.94. The van der Waals surface area contributed by atoms with Crippen molar-refractivity contribution < 1.29 is 9.90 Å². The highest BCUT2D eigenvalue weighted by Gasteiger charge is 2.20. The zero-order valence-electron chi connectivity index (χ0n) is 10.4. The van der Waals surface area contributed by atoms with E-state index in [0.29, 0.717) is 6.42 Å². The number of carbonyl (C=O) groups is 1. The average molecular weight is 228 g/mol. The molecule has 0 aromatic rings. The van der Waals surface area contributed by atoms with E-state index in [-0.39, 0.29) is 0 Å². The molecule has 0 spiro atoms. The molecule has 0 radical (unpaired) electrons. The monoisotopic (exact) mass is 228 g/mol. The molecule has 0 bridgehead atoms. The maximum absolute atomic E-state index is 10.8. The van der Waals surface area contributed by atoms with Gasteiger partial charge >= 0.3 is 5.97 Å². The van der Waals surface area contributed by atoms with Crippen molar-refractivity contribution in [2.45, 2.75) is 38.6 Å². The molecule has 1 aliphatic rings. The maximum atomic E-state index is 10.8. The van der Waals surface area contributed by atoms with Crippen LogP contribution in [0, 0.1) is 5.92 Å². The molecule has 1 aliphatic heterocycles. The molecule has 1 fully saturated rings. The Morgan fingerprint density at radius 2 is 2.12 bits per heavy atom. The van der Waals surface area contributed by atoms with E-state index in [4.69, 9.17) is 5.11 Å². The van der Waals surface area contributed by atoms with E-state index in [1.165, 1.54) is 19.3 Å². The molecule has 1 heterocycles. The summed E-state index contributed by atoms with van der Waals surface area (Å²) in [5, 5.41) is 11.7. The topological polar surface area (TPSA) is 52.6 Å². The first-order chi connectivity index (χ1) is 7.67. The molecular formula is C12H24N2O2. The molecule has 4 heteroatoms. The molecule has 0 aromatic carbocycles. The van der Waals surface area contributed by atoms with Crippen molar-refractivity contribution in [1.29, 1.82) is 0 Å². The quantitative estimate of drug-likeness (QED) is 0.716. The van der Waals surface area contributed by atoms with Gasteiger partial charge in [-0.25, -0.2) is 0 Å². The van der Waals surface area contributed by atoms with Gasteiger partial charge in [0, 0.05) is 6.54 Å². The summed E-state index contributed by atoms with van der Waals surface area (Å²) in [7, 11) is 1.71. The Kier molecular flexibility index (Phi) is 5.77. The Bertz CT molecular complexity index is 213. The van der Waals surface area contributed by atoms with Gasteiger partial charge in [0.1, 0.15) is 6.04 Å². The standard InChI is InChI=1S/C12H24N2O2/c1-3-10-4-7-14(8-5-10)9-6-11(13-2)12(15)16/h10-11,13H,3-9H2,1-2H3,(H,15,16). The van der Waals surface area contributed by atoms with Gasteiger partial charge in [-0.1, -0.05) is 13.3 Å². The Hall–Kier alpha value is -0.610. The normalized spacial score (nSPS) is 20.9. The molecule has 1 rings (SSSR count). The first-order valence-corrected chi connectivity index (χ1v) is 6.29. The van der Waals surface area contributed by atoms with Crippen molar-refractivity contribution in [3.05, 3.63) is 0 Å². The number of piperidine rings is 1. The Morgan fingerprint density at radius 3 is 2.56 bits per heavy atom. The fourth-order valence-corrected chi connectivity index (χ4v) is 2.32. The molecule has 2 N–H and O–H groups in total. The predicted octanol–water partition coefficient (Wildman–Crippen LogP) is 1.17. The Labute approximate surface area is 98.0 Å². The summed E-state index contributed by atoms with van der Waals surface area (Å²) in [6.07, 6.45) is 4.52. The molecule has 4 nitrogen and oxygen atoms in total. The number of aliphatic carboxylic acids is 1. The van der Waals surface area contributed by atoms with Gasteiger partial charge < -0.3 is 15.3 Å². The number of likely N-dealkylation sites (tertiary alicyclic amines) is 1. The first-order valence-electron chi connectivity index (χ1n) is 6.29. The molecule has 1 atom stereocenters. The highest BCUT2D eigenvalue weighted by Crippen LogP contribution is 2.19. The Balaban J connectivity index is 2.21. The number of nitrogens with zero attached hydrogens (tertiary/aromatic N) is 1. The third kappa shape index (κ3) is 4.10. The molecule has 94 valence electrons. The SMILES string of the molecule is CCC1CCN(CCC(NC)C(=O)O)CC1. The van der Waals surface area contributed by atoms with Gasteiger partial charge in [-0.05, 0) is 45.3 Å². The van der Waals surface area contributed by atoms with E-state index in [0.717, 1.165) is 25.6 Å². The van der Waals surface area contributed by atoms with E-state index in [9.17, 15) is 4.79 Å². The van der Waals surface area contributed by atoms with Crippen molar-refractivity contribution in [3.8, 4) is 0 Å². The van der Waals surface area contributed by atoms with Crippen LogP contribution in [0.15, 0.2) is 0 Å². The van der Waals surface area contributed by atoms with Gasteiger partial charge in [0.25, 0.3) is 0 Å². The fourth-order valence-electron chi connectivity index (χ4n) is 2.32. The second-order valence-electron chi connectivity index (χ2n) is 4.66. The zero-order chi connectivity index (χ0) is 12.0. The molecule has 0 aromatic heterocycles. The maximum Gasteiger partial charge on any atom is 0.320 e. The summed E-state index contributed by atoms with van der Waals surface area (Å²) in [5.74, 6) is 0.141. The summed E-state index contributed by atoms with van der Waals surface area (Å²) in [6.45, 7) is 5.42. The van der Waals surface area contributed by atoms with E-state index in [2.05, 4.69) is 17.1 Å². The van der Waals surface area contributed by atoms with E-state index in [1.807, 2.05) is 0 Å². The average Bonchev–Trinajstić information content (AvgIpc) is 2.30. The van der Waals surface area contributed by atoms with Crippen LogP contribution in [-0.2, 0) is 4.79 Å². The number of carboxylic acids is 1. The van der Waals surface area contributed by atoms with Gasteiger partial charge in [0.15, 0.2) is 0 Å². The van der Waals surface area contributed by atoms with Crippen LogP contribution in [0.5, 0.6) is 0 Å². The minimum atomic E-state index is -0.744. The second kappa shape index (κ2) is 6.86. The molecule has 16 heavy (non-hydrogen) atoms. The minimum absolute atomic E-state index is 0.399. The summed E-state index contributed by atoms with van der Waals surface area (Å²) >= 11 is 0. The minimum Gasteiger partial charge on any atom is -0.480 e. The van der Waals surface area contributed by atoms with Crippen LogP contribution in [0.25, 0.3) is 0 Å². The van der Waals surface area contributed by atoms with Crippen molar-refractivity contribution in [1.82, 2.24) is 10.2 Å². The second-order valence-corrected chi connectivity index (χ2v) is 4.66. The molecule has 0 aliphatic carbocycles. The first kappa shape index (κ1) is 13.5. The number of hydrogen-bond acceptors (Lipinski definition) is 3. The molecule has 1 saturated heterocycles. The third-order valence-corrected chi connectivity index (χ3v) is 3.67. The molecule has 0 amide bonds. The van der Waals surface area contributed by atoms with Crippen LogP contribution in [-0.4, -0.2) is 48.7 Å². The molecular weight excluding hydrogens is 204 g/mol. The fraction of sp³-hybridized carbons (Fsp3) is 0.917. The lowest BCUT2D eigenvalue weighted by Gasteiger charge is -2.31. The number of rotatable bonds is 6. The molecule has 0 saturated carbocycles. The summed E-state index contributed by atoms with van der Waals surface area (Å²) in [6, 6.07) is -0.399. The van der Waals surface area contributed by atoms with Crippen molar-refractivity contribution in [2.75, 3.05) is 26.7 Å². The summed E-state index contributed by atoms with van der Waals surface area (Å²) < 4.78 is 0. The zero-order valence-corrected chi connectivity index (χ0v) is 10.4. The predicted molar refractivity (Wildman–Crippen MR) is 64.6 cm³/mol. The molecule has 1 unspecified atom stereocenters. The van der Waals surface area contributed by atoms with E-state index in [1.54, 1.807) is 7.05 Å². The van der Waals surface area contributed by atoms with Crippen molar-refractivity contribution >= 4 is 5.97 Å². The summed E-state index contributed by atoms with van der Waals surface area (Å²) in [4.78, 5) is 13.2. The lowest BCUT2D eigenvalue weighted by Crippen LogP contribution is -2.40. The number of hydrogen-bond donors (Lipinski definition) is 2. The largest absolute Gasteiger partial charge is 0.480 e. The summed E-state index contributed by atoms with van der Waals surface area (Å²) in [5.41, 5.74) is 0. The van der Waals surface area contributed by atoms with E-state index < -0.39 is 12.0 Å². The van der Waals surface area contributed by atoms with Crippen LogP contribution < -0.4 is 5.32 Å². The number of nitrogens with one attached hydrogen (secondary N) is 1.